The van der Waals surface area contributed by atoms with Gasteiger partial charge < -0.3 is 10.2 Å². The number of amides is 2. The van der Waals surface area contributed by atoms with Crippen LogP contribution in [0.25, 0.3) is 0 Å². The third-order valence-corrected chi connectivity index (χ3v) is 6.58. The highest BCUT2D eigenvalue weighted by Crippen LogP contribution is 2.36. The summed E-state index contributed by atoms with van der Waals surface area (Å²) in [6, 6.07) is 10.9. The molecule has 5 heteroatoms. The topological polar surface area (TPSA) is 49.4 Å². The molecular formula is C21H24N2O2S. The molecule has 1 aliphatic carbocycles. The monoisotopic (exact) mass is 368 g/mol. The minimum absolute atomic E-state index is 0.113. The van der Waals surface area contributed by atoms with Gasteiger partial charge in [0.1, 0.15) is 0 Å². The molecule has 136 valence electrons. The van der Waals surface area contributed by atoms with E-state index < -0.39 is 0 Å². The first-order valence-electron chi connectivity index (χ1n) is 9.45. The van der Waals surface area contributed by atoms with Crippen LogP contribution in [0.4, 0.5) is 5.69 Å². The van der Waals surface area contributed by atoms with Crippen LogP contribution in [0, 0.1) is 11.8 Å². The van der Waals surface area contributed by atoms with Gasteiger partial charge >= 0.3 is 0 Å². The molecule has 1 aromatic heterocycles. The van der Waals surface area contributed by atoms with Crippen LogP contribution in [0.2, 0.25) is 0 Å². The van der Waals surface area contributed by atoms with Gasteiger partial charge in [-0.3, -0.25) is 9.59 Å². The van der Waals surface area contributed by atoms with Gasteiger partial charge in [0.05, 0.1) is 4.88 Å². The van der Waals surface area contributed by atoms with Crippen LogP contribution in [0.15, 0.2) is 41.8 Å². The Morgan fingerprint density at radius 1 is 1.00 bits per heavy atom. The maximum absolute atomic E-state index is 12.8. The zero-order chi connectivity index (χ0) is 17.9. The van der Waals surface area contributed by atoms with Crippen LogP contribution < -0.4 is 5.32 Å². The van der Waals surface area contributed by atoms with Crippen molar-refractivity contribution in [1.82, 2.24) is 4.90 Å². The van der Waals surface area contributed by atoms with Gasteiger partial charge in [-0.1, -0.05) is 25.3 Å². The Balaban J connectivity index is 1.38. The molecule has 1 aliphatic heterocycles. The molecule has 2 heterocycles. The van der Waals surface area contributed by atoms with Crippen molar-refractivity contribution in [2.45, 2.75) is 32.1 Å². The van der Waals surface area contributed by atoms with E-state index in [1.54, 1.807) is 6.07 Å². The summed E-state index contributed by atoms with van der Waals surface area (Å²) >= 11 is 1.41. The molecule has 2 aromatic rings. The highest BCUT2D eigenvalue weighted by atomic mass is 32.1. The summed E-state index contributed by atoms with van der Waals surface area (Å²) in [6.07, 6.45) is 6.41. The molecule has 1 saturated carbocycles. The number of carbonyl (C=O) groups excluding carboxylic acids is 2. The molecule has 0 bridgehead atoms. The number of rotatable bonds is 3. The number of benzene rings is 1. The SMILES string of the molecule is O=C(Nc1ccc(C(=O)N2CCC3CCCCC3C2)cc1)c1cccs1. The summed E-state index contributed by atoms with van der Waals surface area (Å²) in [4.78, 5) is 27.6. The van der Waals surface area contributed by atoms with Crippen LogP contribution >= 0.6 is 11.3 Å². The molecule has 1 N–H and O–H groups in total. The lowest BCUT2D eigenvalue weighted by atomic mass is 9.75. The van der Waals surface area contributed by atoms with E-state index in [2.05, 4.69) is 5.32 Å². The molecule has 0 radical (unpaired) electrons. The van der Waals surface area contributed by atoms with Crippen LogP contribution in [-0.2, 0) is 0 Å². The first kappa shape index (κ1) is 17.3. The largest absolute Gasteiger partial charge is 0.338 e. The van der Waals surface area contributed by atoms with E-state index >= 15 is 0 Å². The van der Waals surface area contributed by atoms with E-state index in [-0.39, 0.29) is 11.8 Å². The summed E-state index contributed by atoms with van der Waals surface area (Å²) < 4.78 is 0. The van der Waals surface area contributed by atoms with Gasteiger partial charge in [0.2, 0.25) is 0 Å². The molecule has 2 fully saturated rings. The molecule has 1 aromatic carbocycles. The smallest absolute Gasteiger partial charge is 0.265 e. The zero-order valence-electron chi connectivity index (χ0n) is 14.8. The number of piperidine rings is 1. The van der Waals surface area contributed by atoms with Crippen molar-refractivity contribution in [3.63, 3.8) is 0 Å². The summed E-state index contributed by atoms with van der Waals surface area (Å²) in [6.45, 7) is 1.78. The van der Waals surface area contributed by atoms with Crippen molar-refractivity contribution >= 4 is 28.8 Å². The van der Waals surface area contributed by atoms with Gasteiger partial charge in [-0.05, 0) is 60.4 Å². The Bertz CT molecular complexity index is 770. The van der Waals surface area contributed by atoms with Crippen molar-refractivity contribution in [3.05, 3.63) is 52.2 Å². The van der Waals surface area contributed by atoms with Crippen molar-refractivity contribution in [2.24, 2.45) is 11.8 Å². The van der Waals surface area contributed by atoms with Gasteiger partial charge in [-0.2, -0.15) is 0 Å². The Hall–Kier alpha value is -2.14. The quantitative estimate of drug-likeness (QED) is 0.857. The molecule has 0 spiro atoms. The lowest BCUT2D eigenvalue weighted by molar-refractivity contribution is 0.0521. The molecule has 1 saturated heterocycles. The van der Waals surface area contributed by atoms with Gasteiger partial charge in [0.15, 0.2) is 0 Å². The second kappa shape index (κ2) is 7.62. The fraction of sp³-hybridized carbons (Fsp3) is 0.429. The minimum Gasteiger partial charge on any atom is -0.338 e. The average Bonchev–Trinajstić information content (AvgIpc) is 3.23. The summed E-state index contributed by atoms with van der Waals surface area (Å²) in [5, 5.41) is 4.75. The lowest BCUT2D eigenvalue weighted by Gasteiger charge is -2.41. The number of nitrogens with one attached hydrogen (secondary N) is 1. The third-order valence-electron chi connectivity index (χ3n) is 5.71. The van der Waals surface area contributed by atoms with E-state index in [1.165, 1.54) is 37.0 Å². The van der Waals surface area contributed by atoms with Crippen LogP contribution in [0.1, 0.15) is 52.1 Å². The Labute approximate surface area is 158 Å². The van der Waals surface area contributed by atoms with Gasteiger partial charge in [-0.15, -0.1) is 11.3 Å². The van der Waals surface area contributed by atoms with Crippen molar-refractivity contribution in [3.8, 4) is 0 Å². The van der Waals surface area contributed by atoms with E-state index in [0.29, 0.717) is 22.0 Å². The number of likely N-dealkylation sites (tertiary alicyclic amines) is 1. The predicted octanol–water partition coefficient (Wildman–Crippen LogP) is 4.65. The first-order valence-corrected chi connectivity index (χ1v) is 10.3. The number of thiophene rings is 1. The minimum atomic E-state index is -0.113. The molecule has 26 heavy (non-hydrogen) atoms. The highest BCUT2D eigenvalue weighted by Gasteiger charge is 2.33. The number of anilines is 1. The maximum Gasteiger partial charge on any atom is 0.265 e. The van der Waals surface area contributed by atoms with E-state index in [0.717, 1.165) is 25.4 Å². The lowest BCUT2D eigenvalue weighted by Crippen LogP contribution is -2.44. The van der Waals surface area contributed by atoms with Crippen molar-refractivity contribution in [1.29, 1.82) is 0 Å². The Morgan fingerprint density at radius 2 is 1.77 bits per heavy atom. The Morgan fingerprint density at radius 3 is 2.50 bits per heavy atom. The van der Waals surface area contributed by atoms with E-state index in [9.17, 15) is 9.59 Å². The Kier molecular flexibility index (Phi) is 5.07. The molecule has 2 aliphatic rings. The molecule has 2 unspecified atom stereocenters. The zero-order valence-corrected chi connectivity index (χ0v) is 15.6. The average molecular weight is 369 g/mol. The van der Waals surface area contributed by atoms with Gasteiger partial charge in [0, 0.05) is 24.3 Å². The first-order chi connectivity index (χ1) is 12.7. The van der Waals surface area contributed by atoms with Crippen molar-refractivity contribution < 1.29 is 9.59 Å². The van der Waals surface area contributed by atoms with Crippen LogP contribution in [0.3, 0.4) is 0 Å². The van der Waals surface area contributed by atoms with Crippen LogP contribution in [0.5, 0.6) is 0 Å². The van der Waals surface area contributed by atoms with E-state index in [1.807, 2.05) is 40.6 Å². The molecule has 4 nitrogen and oxygen atoms in total. The second-order valence-electron chi connectivity index (χ2n) is 7.35. The molecule has 2 atom stereocenters. The number of fused-ring (bicyclic) bond motifs is 1. The molecular weight excluding hydrogens is 344 g/mol. The third kappa shape index (κ3) is 3.68. The van der Waals surface area contributed by atoms with Gasteiger partial charge in [0.25, 0.3) is 11.8 Å². The summed E-state index contributed by atoms with van der Waals surface area (Å²) in [7, 11) is 0. The standard InChI is InChI=1S/C21H24N2O2S/c24-20(19-6-3-13-26-19)22-18-9-7-16(8-10-18)21(25)23-12-11-15-4-1-2-5-17(15)14-23/h3,6-10,13,15,17H,1-2,4-5,11-12,14H2,(H,22,24). The molecule has 2 amide bonds. The maximum atomic E-state index is 12.8. The molecule has 4 rings (SSSR count). The van der Waals surface area contributed by atoms with Gasteiger partial charge in [-0.25, -0.2) is 0 Å². The highest BCUT2D eigenvalue weighted by molar-refractivity contribution is 7.12. The van der Waals surface area contributed by atoms with Crippen molar-refractivity contribution in [2.75, 3.05) is 18.4 Å². The second-order valence-corrected chi connectivity index (χ2v) is 8.30. The number of nitrogens with zero attached hydrogens (tertiary/aromatic N) is 1. The number of hydrogen-bond donors (Lipinski definition) is 1. The fourth-order valence-corrected chi connectivity index (χ4v) is 4.88. The number of hydrogen-bond acceptors (Lipinski definition) is 3. The summed E-state index contributed by atoms with van der Waals surface area (Å²) in [5.74, 6) is 1.51. The van der Waals surface area contributed by atoms with E-state index in [4.69, 9.17) is 0 Å². The normalized spacial score (nSPS) is 22.5. The predicted molar refractivity (Wildman–Crippen MR) is 105 cm³/mol. The number of carbonyl (C=O) groups is 2. The fourth-order valence-electron chi connectivity index (χ4n) is 4.26. The summed E-state index contributed by atoms with van der Waals surface area (Å²) in [5.41, 5.74) is 1.42. The van der Waals surface area contributed by atoms with Crippen LogP contribution in [-0.4, -0.2) is 29.8 Å².